The van der Waals surface area contributed by atoms with E-state index in [-0.39, 0.29) is 40.0 Å². The minimum atomic E-state index is -1.03. The first-order valence-electron chi connectivity index (χ1n) is 13.4. The van der Waals surface area contributed by atoms with Gasteiger partial charge in [-0.1, -0.05) is 60.6 Å². The molecule has 0 heterocycles. The molecule has 0 bridgehead atoms. The molecule has 0 aliphatic heterocycles. The van der Waals surface area contributed by atoms with E-state index in [4.69, 9.17) is 0 Å². The Hall–Kier alpha value is -1.42. The van der Waals surface area contributed by atoms with Gasteiger partial charge in [0.25, 0.3) is 0 Å². The van der Waals surface area contributed by atoms with Crippen LogP contribution in [0.4, 0.5) is 0 Å². The molecule has 3 fully saturated rings. The van der Waals surface area contributed by atoms with Gasteiger partial charge in [0, 0.05) is 11.8 Å². The van der Waals surface area contributed by atoms with Gasteiger partial charge in [-0.05, 0) is 89.6 Å². The summed E-state index contributed by atoms with van der Waals surface area (Å²) >= 11 is 0. The van der Waals surface area contributed by atoms with E-state index in [9.17, 15) is 19.8 Å². The first kappa shape index (κ1) is 24.3. The lowest BCUT2D eigenvalue weighted by molar-refractivity contribution is -0.183. The summed E-state index contributed by atoms with van der Waals surface area (Å²) < 4.78 is 0. The number of rotatable bonds is 1. The zero-order valence-electron chi connectivity index (χ0n) is 22.3. The fourth-order valence-corrected chi connectivity index (χ4v) is 9.76. The molecular weight excluding hydrogens is 424 g/mol. The molecule has 3 saturated carbocycles. The molecule has 0 aromatic heterocycles. The summed E-state index contributed by atoms with van der Waals surface area (Å²) in [5, 5.41) is 21.3. The van der Waals surface area contributed by atoms with Crippen LogP contribution < -0.4 is 0 Å². The van der Waals surface area contributed by atoms with Gasteiger partial charge in [0.2, 0.25) is 0 Å². The lowest BCUT2D eigenvalue weighted by Crippen LogP contribution is -2.63. The summed E-state index contributed by atoms with van der Waals surface area (Å²) in [7, 11) is 0. The largest absolute Gasteiger partial charge is 0.481 e. The van der Waals surface area contributed by atoms with Gasteiger partial charge in [-0.2, -0.15) is 0 Å². The Morgan fingerprint density at radius 1 is 0.941 bits per heavy atom. The molecule has 34 heavy (non-hydrogen) atoms. The number of allylic oxidation sites excluding steroid dienone is 3. The number of carboxylic acids is 1. The highest BCUT2D eigenvalue weighted by molar-refractivity contribution is 5.94. The van der Waals surface area contributed by atoms with Gasteiger partial charge in [0.05, 0.1) is 11.5 Å². The Bertz CT molecular complexity index is 1020. The highest BCUT2D eigenvalue weighted by atomic mass is 16.4. The van der Waals surface area contributed by atoms with Crippen LogP contribution in [0.25, 0.3) is 0 Å². The molecule has 0 aromatic carbocycles. The number of aliphatic hydroxyl groups is 1. The molecule has 4 nitrogen and oxygen atoms in total. The van der Waals surface area contributed by atoms with E-state index >= 15 is 0 Å². The SMILES string of the molecule is CC1(C)CC2=C3C=C[C@@H]4[C@@]5(C)CC[C@@H](O)C(C)(C)[C@@H]5CC[C@@]4(C)[C@]3(C)CC[C@@]2(C(=O)O)CC1=O. The minimum absolute atomic E-state index is 0.0317. The summed E-state index contributed by atoms with van der Waals surface area (Å²) in [6, 6.07) is 0. The first-order valence-corrected chi connectivity index (χ1v) is 13.4. The quantitative estimate of drug-likeness (QED) is 0.471. The minimum Gasteiger partial charge on any atom is -0.481 e. The number of hydrogen-bond acceptors (Lipinski definition) is 3. The number of aliphatic hydroxyl groups excluding tert-OH is 1. The maximum Gasteiger partial charge on any atom is 0.314 e. The van der Waals surface area contributed by atoms with Crippen LogP contribution >= 0.6 is 0 Å². The van der Waals surface area contributed by atoms with Gasteiger partial charge in [-0.3, -0.25) is 9.59 Å². The van der Waals surface area contributed by atoms with Crippen molar-refractivity contribution in [2.75, 3.05) is 0 Å². The molecule has 188 valence electrons. The molecule has 0 unspecified atom stereocenters. The van der Waals surface area contributed by atoms with Gasteiger partial charge >= 0.3 is 5.97 Å². The first-order chi connectivity index (χ1) is 15.6. The van der Waals surface area contributed by atoms with Gasteiger partial charge in [-0.25, -0.2) is 0 Å². The van der Waals surface area contributed by atoms with Crippen molar-refractivity contribution >= 4 is 11.8 Å². The number of fused-ring (bicyclic) bond motifs is 6. The van der Waals surface area contributed by atoms with Crippen molar-refractivity contribution < 1.29 is 19.8 Å². The predicted octanol–water partition coefficient (Wildman–Crippen LogP) is 6.33. The zero-order chi connectivity index (χ0) is 25.1. The van der Waals surface area contributed by atoms with Gasteiger partial charge in [-0.15, -0.1) is 0 Å². The van der Waals surface area contributed by atoms with Crippen molar-refractivity contribution in [2.45, 2.75) is 106 Å². The molecule has 0 spiro atoms. The van der Waals surface area contributed by atoms with Crippen LogP contribution in [-0.2, 0) is 9.59 Å². The second kappa shape index (κ2) is 6.87. The molecule has 2 N–H and O–H groups in total. The molecule has 4 heteroatoms. The fourth-order valence-electron chi connectivity index (χ4n) is 9.76. The van der Waals surface area contributed by atoms with Gasteiger partial charge in [0.15, 0.2) is 0 Å². The second-order valence-corrected chi connectivity index (χ2v) is 14.5. The molecule has 0 radical (unpaired) electrons. The van der Waals surface area contributed by atoms with Crippen molar-refractivity contribution in [3.05, 3.63) is 23.3 Å². The van der Waals surface area contributed by atoms with Crippen molar-refractivity contribution in [2.24, 2.45) is 44.3 Å². The monoisotopic (exact) mass is 468 g/mol. The molecule has 7 atom stereocenters. The Kier molecular flexibility index (Phi) is 4.90. The summed E-state index contributed by atoms with van der Waals surface area (Å²) in [6.45, 7) is 15.8. The van der Waals surface area contributed by atoms with E-state index in [1.54, 1.807) is 0 Å². The third-order valence-electron chi connectivity index (χ3n) is 12.4. The van der Waals surface area contributed by atoms with E-state index in [1.807, 2.05) is 13.8 Å². The third-order valence-corrected chi connectivity index (χ3v) is 12.4. The number of ketones is 1. The molecule has 5 aliphatic carbocycles. The van der Waals surface area contributed by atoms with Crippen molar-refractivity contribution in [3.63, 3.8) is 0 Å². The third kappa shape index (κ3) is 2.70. The van der Waals surface area contributed by atoms with Gasteiger partial charge < -0.3 is 10.2 Å². The van der Waals surface area contributed by atoms with E-state index in [0.717, 1.165) is 37.7 Å². The van der Waals surface area contributed by atoms with Crippen molar-refractivity contribution in [3.8, 4) is 0 Å². The van der Waals surface area contributed by atoms with Crippen LogP contribution in [0.1, 0.15) is 99.8 Å². The van der Waals surface area contributed by atoms with Crippen LogP contribution in [0.5, 0.6) is 0 Å². The Labute approximate surface area is 205 Å². The lowest BCUT2D eigenvalue weighted by atomic mass is 9.35. The normalized spacial score (nSPS) is 48.9. The van der Waals surface area contributed by atoms with E-state index in [0.29, 0.717) is 24.7 Å². The molecule has 0 amide bonds. The highest BCUT2D eigenvalue weighted by Crippen LogP contribution is 2.74. The molecule has 5 aliphatic rings. The van der Waals surface area contributed by atoms with E-state index < -0.39 is 16.8 Å². The lowest BCUT2D eigenvalue weighted by Gasteiger charge is -2.69. The van der Waals surface area contributed by atoms with Crippen LogP contribution in [-0.4, -0.2) is 28.1 Å². The smallest absolute Gasteiger partial charge is 0.314 e. The van der Waals surface area contributed by atoms with Crippen molar-refractivity contribution in [1.82, 2.24) is 0 Å². The van der Waals surface area contributed by atoms with E-state index in [2.05, 4.69) is 46.8 Å². The predicted molar refractivity (Wildman–Crippen MR) is 133 cm³/mol. The maximum absolute atomic E-state index is 13.0. The molecular formula is C30H44O4. The summed E-state index contributed by atoms with van der Waals surface area (Å²) in [6.07, 6.45) is 10.6. The topological polar surface area (TPSA) is 74.6 Å². The molecule has 0 aromatic rings. The second-order valence-electron chi connectivity index (χ2n) is 14.5. The molecule has 0 saturated heterocycles. The van der Waals surface area contributed by atoms with E-state index in [1.165, 1.54) is 5.57 Å². The number of carbonyl (C=O) groups is 2. The Morgan fingerprint density at radius 2 is 1.62 bits per heavy atom. The standard InChI is InChI=1S/C30H44O4/c1-25(2)16-19-18-8-9-21-27(5)12-11-22(31)26(3,4)20(27)10-13-29(21,7)28(18,6)14-15-30(19,24(33)34)17-23(25)32/h8-9,20-22,31H,10-17H2,1-7H3,(H,33,34)/t20-,21+,22+,27-,28+,29+,30+/m0/s1. The zero-order valence-corrected chi connectivity index (χ0v) is 22.3. The van der Waals surface area contributed by atoms with Crippen LogP contribution in [0, 0.1) is 44.3 Å². The Morgan fingerprint density at radius 3 is 2.26 bits per heavy atom. The van der Waals surface area contributed by atoms with Crippen LogP contribution in [0.3, 0.4) is 0 Å². The highest BCUT2D eigenvalue weighted by Gasteiger charge is 2.67. The average molecular weight is 469 g/mol. The fraction of sp³-hybridized carbons (Fsp3) is 0.800. The number of aliphatic carboxylic acids is 1. The van der Waals surface area contributed by atoms with Gasteiger partial charge in [0.1, 0.15) is 5.78 Å². The number of Topliss-reactive ketones (excluding diaryl/α,β-unsaturated/α-hetero) is 1. The van der Waals surface area contributed by atoms with Crippen molar-refractivity contribution in [1.29, 1.82) is 0 Å². The number of carbonyl (C=O) groups excluding carboxylic acids is 1. The summed E-state index contributed by atoms with van der Waals surface area (Å²) in [5.41, 5.74) is 0.647. The average Bonchev–Trinajstić information content (AvgIpc) is 2.72. The Balaban J connectivity index is 1.69. The number of hydrogen-bond donors (Lipinski definition) is 2. The summed E-state index contributed by atoms with van der Waals surface area (Å²) in [4.78, 5) is 25.7. The number of carboxylic acid groups (broad SMARTS) is 1. The molecule has 5 rings (SSSR count). The van der Waals surface area contributed by atoms with Crippen LogP contribution in [0.15, 0.2) is 23.3 Å². The van der Waals surface area contributed by atoms with Crippen LogP contribution in [0.2, 0.25) is 0 Å². The summed E-state index contributed by atoms with van der Waals surface area (Å²) in [5.74, 6) is 0.135. The maximum atomic E-state index is 13.0.